The van der Waals surface area contributed by atoms with Crippen LogP contribution in [-0.4, -0.2) is 22.4 Å². The molecule has 3 nitrogen and oxygen atoms in total. The standard InChI is InChI=1S/C7H9BrClN3/c8-6-4-10-5-12-7(6)11-3-1-2-9/h4-5H,1-3H2,(H,10,11,12). The molecule has 0 saturated heterocycles. The van der Waals surface area contributed by atoms with Crippen molar-refractivity contribution in [2.45, 2.75) is 6.42 Å². The predicted molar refractivity (Wildman–Crippen MR) is 53.6 cm³/mol. The van der Waals surface area contributed by atoms with Gasteiger partial charge in [0.05, 0.1) is 4.47 Å². The van der Waals surface area contributed by atoms with Crippen LogP contribution in [0.15, 0.2) is 17.0 Å². The average molecular weight is 251 g/mol. The molecule has 5 heteroatoms. The normalized spacial score (nSPS) is 9.83. The zero-order valence-electron chi connectivity index (χ0n) is 6.43. The molecule has 0 spiro atoms. The minimum atomic E-state index is 0.662. The summed E-state index contributed by atoms with van der Waals surface area (Å²) in [5.74, 6) is 1.48. The Morgan fingerprint density at radius 1 is 1.58 bits per heavy atom. The fourth-order valence-corrected chi connectivity index (χ4v) is 1.21. The molecule has 0 aliphatic carbocycles. The van der Waals surface area contributed by atoms with Gasteiger partial charge in [0.15, 0.2) is 0 Å². The first-order valence-electron chi connectivity index (χ1n) is 3.60. The van der Waals surface area contributed by atoms with E-state index in [1.807, 2.05) is 0 Å². The third-order valence-electron chi connectivity index (χ3n) is 1.27. The van der Waals surface area contributed by atoms with Gasteiger partial charge in [-0.3, -0.25) is 0 Å². The predicted octanol–water partition coefficient (Wildman–Crippen LogP) is 2.28. The summed E-state index contributed by atoms with van der Waals surface area (Å²) < 4.78 is 0.875. The highest BCUT2D eigenvalue weighted by Gasteiger charge is 1.97. The molecule has 0 aromatic carbocycles. The summed E-state index contributed by atoms with van der Waals surface area (Å²) in [6, 6.07) is 0. The summed E-state index contributed by atoms with van der Waals surface area (Å²) in [7, 11) is 0. The molecule has 1 aromatic heterocycles. The largest absolute Gasteiger partial charge is 0.369 e. The Balaban J connectivity index is 2.46. The van der Waals surface area contributed by atoms with Crippen molar-refractivity contribution in [3.63, 3.8) is 0 Å². The maximum atomic E-state index is 5.52. The van der Waals surface area contributed by atoms with Crippen LogP contribution in [0.25, 0.3) is 0 Å². The lowest BCUT2D eigenvalue weighted by molar-refractivity contribution is 0.968. The molecule has 1 aromatic rings. The molecule has 0 aliphatic rings. The van der Waals surface area contributed by atoms with Gasteiger partial charge < -0.3 is 5.32 Å². The Kier molecular flexibility index (Phi) is 4.32. The first kappa shape index (κ1) is 9.74. The van der Waals surface area contributed by atoms with E-state index in [4.69, 9.17) is 11.6 Å². The first-order valence-corrected chi connectivity index (χ1v) is 4.92. The van der Waals surface area contributed by atoms with Crippen LogP contribution in [0.3, 0.4) is 0 Å². The molecule has 0 amide bonds. The number of halogens is 2. The van der Waals surface area contributed by atoms with Crippen LogP contribution in [0, 0.1) is 0 Å². The summed E-state index contributed by atoms with van der Waals surface area (Å²) >= 11 is 8.85. The highest BCUT2D eigenvalue weighted by Crippen LogP contribution is 2.16. The highest BCUT2D eigenvalue weighted by molar-refractivity contribution is 9.10. The van der Waals surface area contributed by atoms with Crippen molar-refractivity contribution in [1.82, 2.24) is 9.97 Å². The maximum absolute atomic E-state index is 5.52. The molecule has 1 heterocycles. The van der Waals surface area contributed by atoms with E-state index in [2.05, 4.69) is 31.2 Å². The van der Waals surface area contributed by atoms with Crippen LogP contribution in [0.4, 0.5) is 5.82 Å². The molecule has 66 valence electrons. The molecule has 0 unspecified atom stereocenters. The lowest BCUT2D eigenvalue weighted by Gasteiger charge is -2.04. The van der Waals surface area contributed by atoms with Gasteiger partial charge in [-0.2, -0.15) is 0 Å². The molecule has 1 N–H and O–H groups in total. The zero-order chi connectivity index (χ0) is 8.81. The van der Waals surface area contributed by atoms with Crippen molar-refractivity contribution in [3.05, 3.63) is 17.0 Å². The van der Waals surface area contributed by atoms with Gasteiger partial charge in [0.2, 0.25) is 0 Å². The molecule has 0 atom stereocenters. The Labute approximate surface area is 84.7 Å². The average Bonchev–Trinajstić information content (AvgIpc) is 2.09. The van der Waals surface area contributed by atoms with Crippen LogP contribution in [0.2, 0.25) is 0 Å². The third kappa shape index (κ3) is 2.95. The number of hydrogen-bond acceptors (Lipinski definition) is 3. The van der Waals surface area contributed by atoms with Gasteiger partial charge in [-0.25, -0.2) is 9.97 Å². The highest BCUT2D eigenvalue weighted by atomic mass is 79.9. The maximum Gasteiger partial charge on any atom is 0.143 e. The molecule has 0 aliphatic heterocycles. The van der Waals surface area contributed by atoms with E-state index in [0.717, 1.165) is 23.3 Å². The summed E-state index contributed by atoms with van der Waals surface area (Å²) in [6.45, 7) is 0.832. The molecule has 0 saturated carbocycles. The number of nitrogens with one attached hydrogen (secondary N) is 1. The molecular formula is C7H9BrClN3. The van der Waals surface area contributed by atoms with Crippen molar-refractivity contribution in [2.75, 3.05) is 17.7 Å². The molecular weight excluding hydrogens is 241 g/mol. The van der Waals surface area contributed by atoms with E-state index in [9.17, 15) is 0 Å². The van der Waals surface area contributed by atoms with E-state index in [1.165, 1.54) is 6.33 Å². The number of rotatable bonds is 4. The number of anilines is 1. The van der Waals surface area contributed by atoms with Crippen molar-refractivity contribution in [3.8, 4) is 0 Å². The van der Waals surface area contributed by atoms with Gasteiger partial charge in [0.25, 0.3) is 0 Å². The molecule has 0 fully saturated rings. The van der Waals surface area contributed by atoms with Crippen LogP contribution in [0.5, 0.6) is 0 Å². The SMILES string of the molecule is ClCCCNc1ncncc1Br. The Hall–Kier alpha value is -0.350. The fourth-order valence-electron chi connectivity index (χ4n) is 0.716. The van der Waals surface area contributed by atoms with Gasteiger partial charge in [-0.05, 0) is 22.4 Å². The second-order valence-corrected chi connectivity index (χ2v) is 3.42. The Bertz CT molecular complexity index is 244. The van der Waals surface area contributed by atoms with E-state index < -0.39 is 0 Å². The lowest BCUT2D eigenvalue weighted by atomic mass is 10.4. The minimum Gasteiger partial charge on any atom is -0.369 e. The Morgan fingerprint density at radius 2 is 2.42 bits per heavy atom. The van der Waals surface area contributed by atoms with Gasteiger partial charge >= 0.3 is 0 Å². The van der Waals surface area contributed by atoms with Crippen molar-refractivity contribution >= 4 is 33.3 Å². The number of alkyl halides is 1. The monoisotopic (exact) mass is 249 g/mol. The van der Waals surface area contributed by atoms with Crippen LogP contribution in [0.1, 0.15) is 6.42 Å². The molecule has 0 bridgehead atoms. The fraction of sp³-hybridized carbons (Fsp3) is 0.429. The summed E-state index contributed by atoms with van der Waals surface area (Å²) in [5, 5.41) is 3.13. The zero-order valence-corrected chi connectivity index (χ0v) is 8.77. The number of hydrogen-bond donors (Lipinski definition) is 1. The third-order valence-corrected chi connectivity index (χ3v) is 2.12. The van der Waals surface area contributed by atoms with E-state index >= 15 is 0 Å². The van der Waals surface area contributed by atoms with Crippen molar-refractivity contribution < 1.29 is 0 Å². The second kappa shape index (κ2) is 5.32. The van der Waals surface area contributed by atoms with Crippen LogP contribution in [-0.2, 0) is 0 Å². The number of nitrogens with zero attached hydrogens (tertiary/aromatic N) is 2. The van der Waals surface area contributed by atoms with Gasteiger partial charge in [0, 0.05) is 18.6 Å². The smallest absolute Gasteiger partial charge is 0.143 e. The van der Waals surface area contributed by atoms with Crippen LogP contribution >= 0.6 is 27.5 Å². The summed E-state index contributed by atoms with van der Waals surface area (Å²) in [5.41, 5.74) is 0. The first-order chi connectivity index (χ1) is 5.84. The second-order valence-electron chi connectivity index (χ2n) is 2.19. The van der Waals surface area contributed by atoms with Gasteiger partial charge in [-0.15, -0.1) is 11.6 Å². The lowest BCUT2D eigenvalue weighted by Crippen LogP contribution is -2.04. The van der Waals surface area contributed by atoms with E-state index in [1.54, 1.807) is 6.20 Å². The van der Waals surface area contributed by atoms with Crippen LogP contribution < -0.4 is 5.32 Å². The quantitative estimate of drug-likeness (QED) is 0.658. The van der Waals surface area contributed by atoms with E-state index in [-0.39, 0.29) is 0 Å². The molecule has 12 heavy (non-hydrogen) atoms. The van der Waals surface area contributed by atoms with Crippen molar-refractivity contribution in [2.24, 2.45) is 0 Å². The van der Waals surface area contributed by atoms with E-state index in [0.29, 0.717) is 5.88 Å². The topological polar surface area (TPSA) is 37.8 Å². The molecule has 1 rings (SSSR count). The number of aromatic nitrogens is 2. The Morgan fingerprint density at radius 3 is 3.08 bits per heavy atom. The summed E-state index contributed by atoms with van der Waals surface area (Å²) in [4.78, 5) is 7.89. The van der Waals surface area contributed by atoms with Crippen molar-refractivity contribution in [1.29, 1.82) is 0 Å². The minimum absolute atomic E-state index is 0.662. The van der Waals surface area contributed by atoms with Gasteiger partial charge in [-0.1, -0.05) is 0 Å². The summed E-state index contributed by atoms with van der Waals surface area (Å²) in [6.07, 6.45) is 4.14. The van der Waals surface area contributed by atoms with Gasteiger partial charge in [0.1, 0.15) is 12.1 Å². The molecule has 0 radical (unpaired) electrons.